The zero-order chi connectivity index (χ0) is 43.5. The standard InChI is InChI=1S/C34H67NO16P2S3Si/c1-8-34(24-46-30(36)21-27(5)54-18-13-16-52(40,41)42,25-47-31(37)22-28(6)55-19-14-17-53(43,44)45)26-48-32(38)23-29(7)56-33(39)35-15-12-20-57(49-9-2,50-10-3)51-11-4/h27-29H,8-26H2,1-7H3,(H,35,39)(H2,40,41,42)(H2,43,44,45). The second kappa shape index (κ2) is 30.4. The van der Waals surface area contributed by atoms with Gasteiger partial charge in [-0.25, -0.2) is 0 Å². The van der Waals surface area contributed by atoms with Gasteiger partial charge >= 0.3 is 41.9 Å². The molecular formula is C34H67NO16P2S3Si. The Bertz CT molecular complexity index is 1210. The van der Waals surface area contributed by atoms with Crippen LogP contribution in [0.4, 0.5) is 4.79 Å². The van der Waals surface area contributed by atoms with Gasteiger partial charge in [0.1, 0.15) is 19.8 Å². The van der Waals surface area contributed by atoms with Crippen LogP contribution in [0.2, 0.25) is 6.04 Å². The Morgan fingerprint density at radius 3 is 1.39 bits per heavy atom. The molecule has 0 heterocycles. The lowest BCUT2D eigenvalue weighted by molar-refractivity contribution is -0.162. The van der Waals surface area contributed by atoms with Crippen LogP contribution in [0, 0.1) is 5.41 Å². The van der Waals surface area contributed by atoms with Gasteiger partial charge in [-0.2, -0.15) is 23.5 Å². The minimum Gasteiger partial charge on any atom is -0.465 e. The lowest BCUT2D eigenvalue weighted by Gasteiger charge is -2.31. The molecule has 0 rings (SSSR count). The van der Waals surface area contributed by atoms with Crippen molar-refractivity contribution in [2.24, 2.45) is 5.41 Å². The van der Waals surface area contributed by atoms with Crippen molar-refractivity contribution in [2.45, 2.75) is 115 Å². The quantitative estimate of drug-likeness (QED) is 0.0167. The largest absolute Gasteiger partial charge is 0.500 e. The van der Waals surface area contributed by atoms with E-state index in [4.69, 9.17) is 47.1 Å². The van der Waals surface area contributed by atoms with Gasteiger partial charge in [-0.05, 0) is 58.0 Å². The number of carbonyl (C=O) groups excluding carboxylic acids is 4. The number of hydrogen-bond acceptors (Lipinski definition) is 15. The number of carbonyl (C=O) groups is 4. The summed E-state index contributed by atoms with van der Waals surface area (Å²) in [5.41, 5.74) is -1.09. The zero-order valence-corrected chi connectivity index (χ0v) is 39.7. The van der Waals surface area contributed by atoms with Crippen LogP contribution in [0.25, 0.3) is 0 Å². The van der Waals surface area contributed by atoms with Crippen molar-refractivity contribution < 1.29 is 75.4 Å². The first kappa shape index (κ1) is 56.3. The van der Waals surface area contributed by atoms with Crippen LogP contribution >= 0.6 is 50.5 Å². The molecule has 0 aromatic heterocycles. The molecule has 0 bridgehead atoms. The van der Waals surface area contributed by atoms with E-state index in [2.05, 4.69) is 5.32 Å². The van der Waals surface area contributed by atoms with E-state index < -0.39 is 52.6 Å². The Balaban J connectivity index is 5.31. The van der Waals surface area contributed by atoms with E-state index in [9.17, 15) is 28.3 Å². The number of esters is 3. The maximum absolute atomic E-state index is 13.0. The molecule has 0 aliphatic rings. The molecule has 3 atom stereocenters. The first-order valence-electron chi connectivity index (χ1n) is 19.3. The molecule has 0 fully saturated rings. The highest BCUT2D eigenvalue weighted by atomic mass is 32.2. The second-order valence-electron chi connectivity index (χ2n) is 13.5. The third kappa shape index (κ3) is 30.1. The van der Waals surface area contributed by atoms with Gasteiger partial charge in [-0.15, -0.1) is 0 Å². The van der Waals surface area contributed by atoms with E-state index in [1.54, 1.807) is 27.7 Å². The number of thioether (sulfide) groups is 3. The van der Waals surface area contributed by atoms with Gasteiger partial charge in [0.15, 0.2) is 0 Å². The molecule has 17 nitrogen and oxygen atoms in total. The third-order valence-electron chi connectivity index (χ3n) is 8.05. The molecule has 57 heavy (non-hydrogen) atoms. The highest BCUT2D eigenvalue weighted by Gasteiger charge is 2.40. The van der Waals surface area contributed by atoms with Crippen LogP contribution < -0.4 is 5.32 Å². The third-order valence-corrected chi connectivity index (χ3v) is 16.4. The summed E-state index contributed by atoms with van der Waals surface area (Å²) >= 11 is 3.72. The maximum Gasteiger partial charge on any atom is 0.500 e. The number of ether oxygens (including phenoxy) is 3. The molecule has 0 saturated carbocycles. The molecule has 3 unspecified atom stereocenters. The zero-order valence-electron chi connectivity index (χ0n) is 34.5. The molecule has 0 aromatic rings. The van der Waals surface area contributed by atoms with Gasteiger partial charge in [-0.1, -0.05) is 39.5 Å². The molecule has 1 amide bonds. The van der Waals surface area contributed by atoms with Crippen molar-refractivity contribution >= 4 is 82.4 Å². The number of amides is 1. The summed E-state index contributed by atoms with van der Waals surface area (Å²) in [7, 11) is -11.0. The fourth-order valence-electron chi connectivity index (χ4n) is 5.00. The monoisotopic (exact) mass is 931 g/mol. The highest BCUT2D eigenvalue weighted by Crippen LogP contribution is 2.36. The Labute approximate surface area is 352 Å². The van der Waals surface area contributed by atoms with E-state index in [0.717, 1.165) is 11.8 Å². The van der Waals surface area contributed by atoms with E-state index in [1.165, 1.54) is 23.5 Å². The Kier molecular flexibility index (Phi) is 30.0. The van der Waals surface area contributed by atoms with Crippen molar-refractivity contribution in [2.75, 3.05) is 70.0 Å². The van der Waals surface area contributed by atoms with E-state index in [1.807, 2.05) is 20.8 Å². The lowest BCUT2D eigenvalue weighted by Crippen LogP contribution is -2.46. The highest BCUT2D eigenvalue weighted by molar-refractivity contribution is 8.14. The van der Waals surface area contributed by atoms with Gasteiger partial charge in [0.2, 0.25) is 0 Å². The van der Waals surface area contributed by atoms with Gasteiger partial charge < -0.3 is 52.4 Å². The molecule has 0 spiro atoms. The summed E-state index contributed by atoms with van der Waals surface area (Å²) in [4.78, 5) is 87.4. The summed E-state index contributed by atoms with van der Waals surface area (Å²) in [6.45, 7) is 13.8. The topological polar surface area (TPSA) is 251 Å². The molecule has 0 radical (unpaired) electrons. The van der Waals surface area contributed by atoms with Crippen molar-refractivity contribution in [3.63, 3.8) is 0 Å². The van der Waals surface area contributed by atoms with Gasteiger partial charge in [0.25, 0.3) is 5.24 Å². The molecule has 336 valence electrons. The molecule has 0 saturated heterocycles. The summed E-state index contributed by atoms with van der Waals surface area (Å²) in [5.74, 6) is -0.789. The van der Waals surface area contributed by atoms with Crippen LogP contribution in [0.5, 0.6) is 0 Å². The maximum atomic E-state index is 13.0. The second-order valence-corrected chi connectivity index (χ2v) is 24.3. The summed E-state index contributed by atoms with van der Waals surface area (Å²) in [6.07, 6.45) is 0.907. The van der Waals surface area contributed by atoms with Crippen LogP contribution in [-0.4, -0.2) is 137 Å². The van der Waals surface area contributed by atoms with Crippen molar-refractivity contribution in [1.82, 2.24) is 5.32 Å². The Morgan fingerprint density at radius 1 is 0.649 bits per heavy atom. The van der Waals surface area contributed by atoms with Crippen molar-refractivity contribution in [1.29, 1.82) is 0 Å². The van der Waals surface area contributed by atoms with Crippen LogP contribution in [0.3, 0.4) is 0 Å². The predicted molar refractivity (Wildman–Crippen MR) is 227 cm³/mol. The Hall–Kier alpha value is -0.673. The molecule has 0 aromatic carbocycles. The predicted octanol–water partition coefficient (Wildman–Crippen LogP) is 5.83. The Morgan fingerprint density at radius 2 is 1.04 bits per heavy atom. The normalized spacial score (nSPS) is 14.9. The molecule has 0 aliphatic heterocycles. The average molecular weight is 932 g/mol. The first-order chi connectivity index (χ1) is 26.6. The SMILES string of the molecule is CCO[Si](CCCNC(=O)SC(C)CC(=O)OCC(CC)(COC(=O)CC(C)SCCCP(=O)(O)O)COC(=O)CC(C)SCCCP(=O)(O)O)(OCC)OCC. The van der Waals surface area contributed by atoms with Gasteiger partial charge in [0.05, 0.1) is 37.0 Å². The van der Waals surface area contributed by atoms with Crippen molar-refractivity contribution in [3.05, 3.63) is 0 Å². The number of nitrogens with one attached hydrogen (secondary N) is 1. The van der Waals surface area contributed by atoms with Crippen LogP contribution in [0.1, 0.15) is 93.4 Å². The van der Waals surface area contributed by atoms with E-state index in [-0.39, 0.29) is 80.0 Å². The molecular weight excluding hydrogens is 865 g/mol. The summed E-state index contributed by atoms with van der Waals surface area (Å²) < 4.78 is 56.6. The minimum atomic E-state index is -4.10. The fourth-order valence-corrected chi connectivity index (χ4v) is 11.9. The van der Waals surface area contributed by atoms with Crippen LogP contribution in [0.15, 0.2) is 0 Å². The van der Waals surface area contributed by atoms with E-state index >= 15 is 0 Å². The number of rotatable bonds is 34. The molecule has 23 heteroatoms. The van der Waals surface area contributed by atoms with Gasteiger partial charge in [-0.3, -0.25) is 28.3 Å². The van der Waals surface area contributed by atoms with Crippen LogP contribution in [-0.2, 0) is 51.0 Å². The summed E-state index contributed by atoms with van der Waals surface area (Å²) in [6, 6.07) is 0.540. The first-order valence-corrected chi connectivity index (χ1v) is 27.8. The van der Waals surface area contributed by atoms with Crippen molar-refractivity contribution in [3.8, 4) is 0 Å². The molecule has 0 aliphatic carbocycles. The molecule has 5 N–H and O–H groups in total. The summed E-state index contributed by atoms with van der Waals surface area (Å²) in [5, 5.41) is 1.69. The lowest BCUT2D eigenvalue weighted by atomic mass is 9.88. The minimum absolute atomic E-state index is 0.0157. The average Bonchev–Trinajstić information content (AvgIpc) is 3.10. The fraction of sp³-hybridized carbons (Fsp3) is 0.882. The van der Waals surface area contributed by atoms with Gasteiger partial charge in [0, 0.05) is 48.2 Å². The smallest absolute Gasteiger partial charge is 0.465 e. The number of hydrogen-bond donors (Lipinski definition) is 5. The van der Waals surface area contributed by atoms with E-state index in [0.29, 0.717) is 56.8 Å².